The van der Waals surface area contributed by atoms with Gasteiger partial charge in [-0.05, 0) is 38.8 Å². The lowest BCUT2D eigenvalue weighted by Gasteiger charge is -2.35. The van der Waals surface area contributed by atoms with Gasteiger partial charge in [0.25, 0.3) is 0 Å². The zero-order valence-electron chi connectivity index (χ0n) is 10.8. The van der Waals surface area contributed by atoms with E-state index in [0.717, 1.165) is 24.7 Å². The van der Waals surface area contributed by atoms with E-state index in [2.05, 4.69) is 28.4 Å². The minimum Gasteiger partial charge on any atom is -0.311 e. The molecule has 0 aromatic carbocycles. The summed E-state index contributed by atoms with van der Waals surface area (Å²) in [5.74, 6) is 0. The van der Waals surface area contributed by atoms with Crippen LogP contribution in [0.3, 0.4) is 0 Å². The Kier molecular flexibility index (Phi) is 2.92. The summed E-state index contributed by atoms with van der Waals surface area (Å²) in [4.78, 5) is 2.50. The van der Waals surface area contributed by atoms with E-state index in [1.807, 2.05) is 17.9 Å². The number of aromatic nitrogens is 2. The van der Waals surface area contributed by atoms with Crippen LogP contribution in [0.1, 0.15) is 31.4 Å². The van der Waals surface area contributed by atoms with Gasteiger partial charge in [-0.15, -0.1) is 0 Å². The molecule has 2 aliphatic heterocycles. The Balaban J connectivity index is 1.63. The molecule has 0 amide bonds. The van der Waals surface area contributed by atoms with Gasteiger partial charge in [0, 0.05) is 37.9 Å². The lowest BCUT2D eigenvalue weighted by atomic mass is 9.98. The van der Waals surface area contributed by atoms with Crippen molar-refractivity contribution < 1.29 is 0 Å². The first-order valence-electron chi connectivity index (χ1n) is 6.65. The maximum Gasteiger partial charge on any atom is 0.0521 e. The molecule has 0 saturated carbocycles. The number of nitrogens with zero attached hydrogens (tertiary/aromatic N) is 3. The quantitative estimate of drug-likeness (QED) is 0.851. The summed E-state index contributed by atoms with van der Waals surface area (Å²) in [5, 5.41) is 7.94. The Bertz CT molecular complexity index is 375. The molecular weight excluding hydrogens is 212 g/mol. The summed E-state index contributed by atoms with van der Waals surface area (Å²) in [6.45, 7) is 1.01. The van der Waals surface area contributed by atoms with Gasteiger partial charge in [-0.1, -0.05) is 0 Å². The summed E-state index contributed by atoms with van der Waals surface area (Å²) < 4.78 is 1.98. The first-order chi connectivity index (χ1) is 8.22. The van der Waals surface area contributed by atoms with Crippen molar-refractivity contribution in [2.45, 2.75) is 50.4 Å². The predicted molar refractivity (Wildman–Crippen MR) is 67.6 cm³/mol. The molecule has 2 saturated heterocycles. The van der Waals surface area contributed by atoms with E-state index in [-0.39, 0.29) is 0 Å². The zero-order chi connectivity index (χ0) is 11.8. The molecular formula is C13H22N4. The van der Waals surface area contributed by atoms with Gasteiger partial charge in [0.05, 0.1) is 5.69 Å². The van der Waals surface area contributed by atoms with Crippen molar-refractivity contribution in [1.82, 2.24) is 20.0 Å². The second kappa shape index (κ2) is 4.42. The first kappa shape index (κ1) is 11.2. The molecule has 4 nitrogen and oxygen atoms in total. The molecule has 2 aliphatic rings. The molecule has 3 heterocycles. The van der Waals surface area contributed by atoms with Gasteiger partial charge in [-0.3, -0.25) is 9.58 Å². The molecule has 2 bridgehead atoms. The number of nitrogens with one attached hydrogen (secondary N) is 1. The molecule has 1 N–H and O–H groups in total. The highest BCUT2D eigenvalue weighted by Crippen LogP contribution is 2.29. The topological polar surface area (TPSA) is 33.1 Å². The maximum atomic E-state index is 4.23. The number of hydrogen-bond acceptors (Lipinski definition) is 3. The van der Waals surface area contributed by atoms with Gasteiger partial charge in [-0.25, -0.2) is 0 Å². The second-order valence-electron chi connectivity index (χ2n) is 5.62. The van der Waals surface area contributed by atoms with Crippen molar-refractivity contribution in [3.63, 3.8) is 0 Å². The Hall–Kier alpha value is -0.870. The standard InChI is InChI=1S/C13H22N4/c1-16(9-12-5-6-14-17(12)2)13-7-10-3-4-11(8-13)15-10/h5-6,10-11,13,15H,3-4,7-9H2,1-2H3. The normalized spacial score (nSPS) is 32.3. The molecule has 17 heavy (non-hydrogen) atoms. The molecule has 4 heteroatoms. The second-order valence-corrected chi connectivity index (χ2v) is 5.62. The molecule has 2 unspecified atom stereocenters. The van der Waals surface area contributed by atoms with E-state index in [1.54, 1.807) is 0 Å². The van der Waals surface area contributed by atoms with Gasteiger partial charge in [0.15, 0.2) is 0 Å². The molecule has 0 aliphatic carbocycles. The molecule has 0 radical (unpaired) electrons. The van der Waals surface area contributed by atoms with Crippen LogP contribution in [-0.4, -0.2) is 39.9 Å². The van der Waals surface area contributed by atoms with Crippen molar-refractivity contribution in [3.05, 3.63) is 18.0 Å². The highest BCUT2D eigenvalue weighted by atomic mass is 15.3. The Morgan fingerprint density at radius 2 is 2.12 bits per heavy atom. The fourth-order valence-electron chi connectivity index (χ4n) is 3.33. The average Bonchev–Trinajstić information content (AvgIpc) is 2.86. The summed E-state index contributed by atoms with van der Waals surface area (Å²) in [7, 11) is 4.28. The lowest BCUT2D eigenvalue weighted by molar-refractivity contribution is 0.163. The summed E-state index contributed by atoms with van der Waals surface area (Å²) in [6, 6.07) is 4.40. The van der Waals surface area contributed by atoms with Crippen molar-refractivity contribution in [2.75, 3.05) is 7.05 Å². The van der Waals surface area contributed by atoms with E-state index in [4.69, 9.17) is 0 Å². The third-order valence-electron chi connectivity index (χ3n) is 4.41. The number of rotatable bonds is 3. The highest BCUT2D eigenvalue weighted by Gasteiger charge is 2.35. The van der Waals surface area contributed by atoms with Crippen LogP contribution in [0.5, 0.6) is 0 Å². The Morgan fingerprint density at radius 3 is 2.71 bits per heavy atom. The van der Waals surface area contributed by atoms with Gasteiger partial charge in [0.2, 0.25) is 0 Å². The monoisotopic (exact) mass is 234 g/mol. The summed E-state index contributed by atoms with van der Waals surface area (Å²) in [6.07, 6.45) is 7.26. The third-order valence-corrected chi connectivity index (χ3v) is 4.41. The van der Waals surface area contributed by atoms with E-state index in [9.17, 15) is 0 Å². The lowest BCUT2D eigenvalue weighted by Crippen LogP contribution is -2.46. The highest BCUT2D eigenvalue weighted by molar-refractivity contribution is 5.01. The fraction of sp³-hybridized carbons (Fsp3) is 0.769. The van der Waals surface area contributed by atoms with E-state index >= 15 is 0 Å². The minimum atomic E-state index is 0.739. The van der Waals surface area contributed by atoms with Crippen molar-refractivity contribution in [3.8, 4) is 0 Å². The number of hydrogen-bond donors (Lipinski definition) is 1. The molecule has 1 aromatic heterocycles. The van der Waals surface area contributed by atoms with E-state index in [0.29, 0.717) is 0 Å². The van der Waals surface area contributed by atoms with Crippen LogP contribution in [0.25, 0.3) is 0 Å². The van der Waals surface area contributed by atoms with E-state index in [1.165, 1.54) is 31.4 Å². The largest absolute Gasteiger partial charge is 0.311 e. The number of fused-ring (bicyclic) bond motifs is 2. The number of piperidine rings is 1. The van der Waals surface area contributed by atoms with Crippen LogP contribution in [0, 0.1) is 0 Å². The first-order valence-corrected chi connectivity index (χ1v) is 6.65. The van der Waals surface area contributed by atoms with Crippen molar-refractivity contribution in [1.29, 1.82) is 0 Å². The van der Waals surface area contributed by atoms with Crippen LogP contribution in [0.2, 0.25) is 0 Å². The predicted octanol–water partition coefficient (Wildman–Crippen LogP) is 1.13. The van der Waals surface area contributed by atoms with Gasteiger partial charge in [0.1, 0.15) is 0 Å². The smallest absolute Gasteiger partial charge is 0.0521 e. The average molecular weight is 234 g/mol. The number of aryl methyl sites for hydroxylation is 1. The Labute approximate surface area is 103 Å². The minimum absolute atomic E-state index is 0.739. The fourth-order valence-corrected chi connectivity index (χ4v) is 3.33. The maximum absolute atomic E-state index is 4.23. The van der Waals surface area contributed by atoms with Gasteiger partial charge >= 0.3 is 0 Å². The third kappa shape index (κ3) is 2.24. The molecule has 1 aromatic rings. The summed E-state index contributed by atoms with van der Waals surface area (Å²) >= 11 is 0. The van der Waals surface area contributed by atoms with Crippen LogP contribution in [0.15, 0.2) is 12.3 Å². The SMILES string of the molecule is CN(Cc1ccnn1C)C1CC2CCC(C1)N2. The molecule has 94 valence electrons. The van der Waals surface area contributed by atoms with Gasteiger partial charge < -0.3 is 5.32 Å². The van der Waals surface area contributed by atoms with Crippen molar-refractivity contribution >= 4 is 0 Å². The molecule has 0 spiro atoms. The molecule has 2 fully saturated rings. The van der Waals surface area contributed by atoms with Crippen LogP contribution in [-0.2, 0) is 13.6 Å². The van der Waals surface area contributed by atoms with Crippen LogP contribution < -0.4 is 5.32 Å². The summed E-state index contributed by atoms with van der Waals surface area (Å²) in [5.41, 5.74) is 1.30. The van der Waals surface area contributed by atoms with Crippen LogP contribution >= 0.6 is 0 Å². The molecule has 3 rings (SSSR count). The van der Waals surface area contributed by atoms with Gasteiger partial charge in [-0.2, -0.15) is 5.10 Å². The molecule has 2 atom stereocenters. The van der Waals surface area contributed by atoms with Crippen LogP contribution in [0.4, 0.5) is 0 Å². The van der Waals surface area contributed by atoms with Crippen molar-refractivity contribution in [2.24, 2.45) is 7.05 Å². The Morgan fingerprint density at radius 1 is 1.41 bits per heavy atom. The zero-order valence-corrected chi connectivity index (χ0v) is 10.8. The van der Waals surface area contributed by atoms with E-state index < -0.39 is 0 Å².